The first kappa shape index (κ1) is 12.6. The number of rotatable bonds is 3. The monoisotopic (exact) mass is 265 g/mol. The molecule has 1 heterocycles. The van der Waals surface area contributed by atoms with E-state index in [0.717, 1.165) is 5.02 Å². The third-order valence-electron chi connectivity index (χ3n) is 2.73. The zero-order valence-corrected chi connectivity index (χ0v) is 11.8. The van der Waals surface area contributed by atoms with Gasteiger partial charge >= 0.3 is 0 Å². The summed E-state index contributed by atoms with van der Waals surface area (Å²) in [5, 5.41) is 4.15. The summed E-state index contributed by atoms with van der Waals surface area (Å²) in [6.45, 7) is 4.20. The summed E-state index contributed by atoms with van der Waals surface area (Å²) in [6.07, 6.45) is 0. The first-order valence-corrected chi connectivity index (χ1v) is 6.80. The van der Waals surface area contributed by atoms with Gasteiger partial charge in [-0.25, -0.2) is 0 Å². The van der Waals surface area contributed by atoms with Gasteiger partial charge in [0.1, 0.15) is 0 Å². The molecule has 90 valence electrons. The normalized spacial score (nSPS) is 12.7. The van der Waals surface area contributed by atoms with Crippen molar-refractivity contribution in [1.82, 2.24) is 5.32 Å². The minimum atomic E-state index is 0.228. The van der Waals surface area contributed by atoms with Crippen molar-refractivity contribution in [3.63, 3.8) is 0 Å². The molecule has 0 aliphatic heterocycles. The maximum absolute atomic E-state index is 6.12. The van der Waals surface area contributed by atoms with Crippen molar-refractivity contribution in [2.24, 2.45) is 0 Å². The highest BCUT2D eigenvalue weighted by atomic mass is 35.5. The lowest BCUT2D eigenvalue weighted by Gasteiger charge is -2.16. The topological polar surface area (TPSA) is 12.0 Å². The molecule has 0 bridgehead atoms. The third-order valence-corrected chi connectivity index (χ3v) is 4.02. The van der Waals surface area contributed by atoms with E-state index in [9.17, 15) is 0 Å². The molecule has 17 heavy (non-hydrogen) atoms. The molecule has 0 radical (unpaired) electrons. The lowest BCUT2D eigenvalue weighted by molar-refractivity contribution is 0.703. The summed E-state index contributed by atoms with van der Waals surface area (Å²) >= 11 is 7.94. The Morgan fingerprint density at radius 2 is 1.94 bits per heavy atom. The fourth-order valence-electron chi connectivity index (χ4n) is 2.01. The van der Waals surface area contributed by atoms with E-state index >= 15 is 0 Å². The van der Waals surface area contributed by atoms with Crippen LogP contribution in [0.3, 0.4) is 0 Å². The predicted molar refractivity (Wildman–Crippen MR) is 76.1 cm³/mol. The molecule has 0 fully saturated rings. The molecular weight excluding hydrogens is 250 g/mol. The molecule has 0 saturated carbocycles. The first-order valence-electron chi connectivity index (χ1n) is 5.61. The van der Waals surface area contributed by atoms with Crippen LogP contribution >= 0.6 is 22.9 Å². The lowest BCUT2D eigenvalue weighted by atomic mass is 10.0. The van der Waals surface area contributed by atoms with Gasteiger partial charge < -0.3 is 5.32 Å². The Kier molecular flexibility index (Phi) is 3.87. The predicted octanol–water partition coefficient (Wildman–Crippen LogP) is 4.33. The highest BCUT2D eigenvalue weighted by molar-refractivity contribution is 7.12. The zero-order chi connectivity index (χ0) is 12.4. The largest absolute Gasteiger partial charge is 0.309 e. The Morgan fingerprint density at radius 1 is 1.18 bits per heavy atom. The minimum Gasteiger partial charge on any atom is -0.309 e. The van der Waals surface area contributed by atoms with Crippen LogP contribution in [-0.2, 0) is 0 Å². The molecule has 1 N–H and O–H groups in total. The van der Waals surface area contributed by atoms with Crippen LogP contribution in [-0.4, -0.2) is 7.05 Å². The molecule has 0 aliphatic carbocycles. The van der Waals surface area contributed by atoms with Crippen molar-refractivity contribution < 1.29 is 0 Å². The van der Waals surface area contributed by atoms with E-state index in [-0.39, 0.29) is 6.04 Å². The van der Waals surface area contributed by atoms with Crippen LogP contribution in [0.4, 0.5) is 0 Å². The van der Waals surface area contributed by atoms with Crippen LogP contribution in [0.2, 0.25) is 5.02 Å². The minimum absolute atomic E-state index is 0.228. The number of hydrogen-bond acceptors (Lipinski definition) is 2. The molecular formula is C14H16ClNS. The van der Waals surface area contributed by atoms with Gasteiger partial charge in [0.25, 0.3) is 0 Å². The second kappa shape index (κ2) is 5.21. The summed E-state index contributed by atoms with van der Waals surface area (Å²) in [4.78, 5) is 2.66. The van der Waals surface area contributed by atoms with Gasteiger partial charge in [-0.3, -0.25) is 0 Å². The number of hydrogen-bond donors (Lipinski definition) is 1. The molecule has 2 aromatic rings. The summed E-state index contributed by atoms with van der Waals surface area (Å²) in [7, 11) is 1.98. The molecule has 1 aromatic carbocycles. The van der Waals surface area contributed by atoms with Gasteiger partial charge in [-0.1, -0.05) is 17.7 Å². The van der Waals surface area contributed by atoms with Crippen LogP contribution < -0.4 is 5.32 Å². The van der Waals surface area contributed by atoms with Gasteiger partial charge in [0.15, 0.2) is 0 Å². The quantitative estimate of drug-likeness (QED) is 0.871. The van der Waals surface area contributed by atoms with E-state index in [4.69, 9.17) is 11.6 Å². The molecule has 1 aromatic heterocycles. The molecule has 0 aliphatic rings. The van der Waals surface area contributed by atoms with E-state index in [0.29, 0.717) is 0 Å². The average Bonchev–Trinajstić information content (AvgIpc) is 2.64. The van der Waals surface area contributed by atoms with Crippen molar-refractivity contribution in [3.05, 3.63) is 56.2 Å². The SMILES string of the molecule is CNC(c1cc(C)cc(Cl)c1)c1ccc(C)s1. The van der Waals surface area contributed by atoms with E-state index in [1.807, 2.05) is 30.5 Å². The van der Waals surface area contributed by atoms with Gasteiger partial charge in [-0.15, -0.1) is 11.3 Å². The maximum Gasteiger partial charge on any atom is 0.0669 e. The second-order valence-electron chi connectivity index (χ2n) is 4.23. The van der Waals surface area contributed by atoms with E-state index in [1.165, 1.54) is 20.9 Å². The molecule has 0 spiro atoms. The van der Waals surface area contributed by atoms with Gasteiger partial charge in [-0.2, -0.15) is 0 Å². The van der Waals surface area contributed by atoms with Gasteiger partial charge in [-0.05, 0) is 56.3 Å². The summed E-state index contributed by atoms with van der Waals surface area (Å²) in [5.74, 6) is 0. The second-order valence-corrected chi connectivity index (χ2v) is 5.99. The molecule has 1 nitrogen and oxygen atoms in total. The lowest BCUT2D eigenvalue weighted by Crippen LogP contribution is -2.16. The molecule has 0 amide bonds. The highest BCUT2D eigenvalue weighted by Crippen LogP contribution is 2.30. The number of thiophene rings is 1. The fourth-order valence-corrected chi connectivity index (χ4v) is 3.33. The van der Waals surface area contributed by atoms with E-state index < -0.39 is 0 Å². The Balaban J connectivity index is 2.41. The summed E-state index contributed by atoms with van der Waals surface area (Å²) < 4.78 is 0. The molecule has 2 rings (SSSR count). The van der Waals surface area contributed by atoms with Crippen molar-refractivity contribution >= 4 is 22.9 Å². The molecule has 1 atom stereocenters. The zero-order valence-electron chi connectivity index (χ0n) is 10.3. The van der Waals surface area contributed by atoms with Crippen molar-refractivity contribution in [2.45, 2.75) is 19.9 Å². The Bertz CT molecular complexity index is 498. The fraction of sp³-hybridized carbons (Fsp3) is 0.286. The van der Waals surface area contributed by atoms with Crippen LogP contribution in [0.15, 0.2) is 30.3 Å². The van der Waals surface area contributed by atoms with Crippen LogP contribution in [0.1, 0.15) is 26.9 Å². The number of nitrogens with one attached hydrogen (secondary N) is 1. The molecule has 3 heteroatoms. The summed E-state index contributed by atoms with van der Waals surface area (Å²) in [6, 6.07) is 10.8. The van der Waals surface area contributed by atoms with Crippen molar-refractivity contribution in [3.8, 4) is 0 Å². The first-order chi connectivity index (χ1) is 8.10. The van der Waals surface area contributed by atoms with E-state index in [2.05, 4.69) is 37.4 Å². The maximum atomic E-state index is 6.12. The Morgan fingerprint density at radius 3 is 2.47 bits per heavy atom. The number of halogens is 1. The average molecular weight is 266 g/mol. The van der Waals surface area contributed by atoms with E-state index in [1.54, 1.807) is 0 Å². The molecule has 1 unspecified atom stereocenters. The van der Waals surface area contributed by atoms with Crippen molar-refractivity contribution in [1.29, 1.82) is 0 Å². The number of aryl methyl sites for hydroxylation is 2. The van der Waals surface area contributed by atoms with Crippen LogP contribution in [0.25, 0.3) is 0 Å². The van der Waals surface area contributed by atoms with Crippen molar-refractivity contribution in [2.75, 3.05) is 7.05 Å². The smallest absolute Gasteiger partial charge is 0.0669 e. The highest BCUT2D eigenvalue weighted by Gasteiger charge is 2.14. The van der Waals surface area contributed by atoms with Gasteiger partial charge in [0, 0.05) is 14.8 Å². The standard InChI is InChI=1S/C14H16ClNS/c1-9-6-11(8-12(15)7-9)14(16-3)13-5-4-10(2)17-13/h4-8,14,16H,1-3H3. The van der Waals surface area contributed by atoms with Crippen LogP contribution in [0.5, 0.6) is 0 Å². The molecule has 0 saturated heterocycles. The Hall–Kier alpha value is -0.830. The summed E-state index contributed by atoms with van der Waals surface area (Å²) in [5.41, 5.74) is 2.42. The van der Waals surface area contributed by atoms with Gasteiger partial charge in [0.05, 0.1) is 6.04 Å². The number of benzene rings is 1. The Labute approximate surface area is 111 Å². The van der Waals surface area contributed by atoms with Crippen LogP contribution in [0, 0.1) is 13.8 Å². The van der Waals surface area contributed by atoms with Gasteiger partial charge in [0.2, 0.25) is 0 Å². The third kappa shape index (κ3) is 2.89.